The van der Waals surface area contributed by atoms with Gasteiger partial charge in [-0.3, -0.25) is 0 Å². The predicted octanol–water partition coefficient (Wildman–Crippen LogP) is 0.739. The van der Waals surface area contributed by atoms with Crippen molar-refractivity contribution in [1.82, 2.24) is 5.32 Å². The molecular formula is C10H15NO3. The summed E-state index contributed by atoms with van der Waals surface area (Å²) in [6.45, 7) is 1.83. The molecule has 0 fully saturated rings. The average Bonchev–Trinajstić information content (AvgIpc) is 2.20. The highest BCUT2D eigenvalue weighted by Crippen LogP contribution is 2.28. The molecule has 0 spiro atoms. The lowest BCUT2D eigenvalue weighted by molar-refractivity contribution is 0.139. The lowest BCUT2D eigenvalue weighted by atomic mass is 10.0. The van der Waals surface area contributed by atoms with E-state index in [1.807, 2.05) is 6.92 Å². The number of phenols is 2. The molecule has 0 radical (unpaired) electrons. The molecule has 0 aliphatic rings. The van der Waals surface area contributed by atoms with Crippen LogP contribution in [0.2, 0.25) is 0 Å². The second-order valence-corrected chi connectivity index (χ2v) is 3.27. The minimum atomic E-state index is -0.702. The Labute approximate surface area is 82.8 Å². The molecule has 0 saturated carbocycles. The Bertz CT molecular complexity index is 314. The number of benzene rings is 1. The van der Waals surface area contributed by atoms with E-state index in [2.05, 4.69) is 5.32 Å². The molecule has 4 nitrogen and oxygen atoms in total. The number of rotatable bonds is 3. The van der Waals surface area contributed by atoms with Crippen molar-refractivity contribution in [2.75, 3.05) is 7.05 Å². The predicted molar refractivity (Wildman–Crippen MR) is 53.3 cm³/mol. The first-order chi connectivity index (χ1) is 6.56. The van der Waals surface area contributed by atoms with Crippen molar-refractivity contribution in [2.24, 2.45) is 0 Å². The molecule has 0 saturated heterocycles. The van der Waals surface area contributed by atoms with Gasteiger partial charge in [-0.2, -0.15) is 0 Å². The van der Waals surface area contributed by atoms with Gasteiger partial charge >= 0.3 is 0 Å². The number of aliphatic hydroxyl groups is 1. The van der Waals surface area contributed by atoms with Crippen LogP contribution in [-0.2, 0) is 0 Å². The Morgan fingerprint density at radius 3 is 2.36 bits per heavy atom. The zero-order valence-corrected chi connectivity index (χ0v) is 8.23. The van der Waals surface area contributed by atoms with E-state index in [0.29, 0.717) is 5.56 Å². The van der Waals surface area contributed by atoms with Gasteiger partial charge in [-0.05, 0) is 31.7 Å². The van der Waals surface area contributed by atoms with Crippen molar-refractivity contribution < 1.29 is 15.3 Å². The van der Waals surface area contributed by atoms with Gasteiger partial charge in [0.25, 0.3) is 0 Å². The van der Waals surface area contributed by atoms with Gasteiger partial charge < -0.3 is 20.6 Å². The van der Waals surface area contributed by atoms with Crippen molar-refractivity contribution in [3.05, 3.63) is 23.8 Å². The molecule has 0 aliphatic heterocycles. The molecule has 2 atom stereocenters. The first-order valence-corrected chi connectivity index (χ1v) is 4.43. The summed E-state index contributed by atoms with van der Waals surface area (Å²) < 4.78 is 0. The maximum absolute atomic E-state index is 9.75. The van der Waals surface area contributed by atoms with Crippen LogP contribution in [0.5, 0.6) is 11.5 Å². The fourth-order valence-corrected chi connectivity index (χ4v) is 1.17. The Balaban J connectivity index is 2.91. The number of phenolic OH excluding ortho intramolecular Hbond substituents is 2. The third kappa shape index (κ3) is 2.16. The number of hydrogen-bond acceptors (Lipinski definition) is 4. The fourth-order valence-electron chi connectivity index (χ4n) is 1.17. The summed E-state index contributed by atoms with van der Waals surface area (Å²) in [6.07, 6.45) is -0.702. The third-order valence-electron chi connectivity index (χ3n) is 2.27. The number of aliphatic hydroxyl groups excluding tert-OH is 1. The van der Waals surface area contributed by atoms with Crippen LogP contribution in [0.1, 0.15) is 18.6 Å². The van der Waals surface area contributed by atoms with E-state index >= 15 is 0 Å². The molecule has 0 unspecified atom stereocenters. The summed E-state index contributed by atoms with van der Waals surface area (Å²) in [5, 5.41) is 30.9. The normalized spacial score (nSPS) is 15.1. The van der Waals surface area contributed by atoms with Crippen LogP contribution in [0.25, 0.3) is 0 Å². The molecule has 4 N–H and O–H groups in total. The van der Waals surface area contributed by atoms with Crippen LogP contribution >= 0.6 is 0 Å². The number of likely N-dealkylation sites (N-methyl/N-ethyl adjacent to an activating group) is 1. The third-order valence-corrected chi connectivity index (χ3v) is 2.27. The van der Waals surface area contributed by atoms with Gasteiger partial charge in [0.15, 0.2) is 11.5 Å². The molecule has 78 valence electrons. The van der Waals surface area contributed by atoms with Crippen LogP contribution in [0, 0.1) is 0 Å². The highest BCUT2D eigenvalue weighted by molar-refractivity contribution is 5.41. The quantitative estimate of drug-likeness (QED) is 0.539. The second-order valence-electron chi connectivity index (χ2n) is 3.27. The topological polar surface area (TPSA) is 72.7 Å². The molecule has 0 aromatic heterocycles. The second kappa shape index (κ2) is 4.30. The largest absolute Gasteiger partial charge is 0.504 e. The van der Waals surface area contributed by atoms with E-state index in [4.69, 9.17) is 5.11 Å². The van der Waals surface area contributed by atoms with Gasteiger partial charge in [0.1, 0.15) is 0 Å². The molecule has 1 aromatic carbocycles. The van der Waals surface area contributed by atoms with Gasteiger partial charge in [0, 0.05) is 6.04 Å². The first-order valence-electron chi connectivity index (χ1n) is 4.43. The maximum atomic E-state index is 9.75. The van der Waals surface area contributed by atoms with Crippen molar-refractivity contribution in [3.63, 3.8) is 0 Å². The van der Waals surface area contributed by atoms with Crippen molar-refractivity contribution in [1.29, 1.82) is 0 Å². The van der Waals surface area contributed by atoms with E-state index in [9.17, 15) is 10.2 Å². The molecule has 4 heteroatoms. The van der Waals surface area contributed by atoms with E-state index in [0.717, 1.165) is 0 Å². The molecule has 1 rings (SSSR count). The Morgan fingerprint density at radius 1 is 1.21 bits per heavy atom. The Morgan fingerprint density at radius 2 is 1.86 bits per heavy atom. The smallest absolute Gasteiger partial charge is 0.157 e. The highest BCUT2D eigenvalue weighted by atomic mass is 16.3. The lowest BCUT2D eigenvalue weighted by Crippen LogP contribution is -2.28. The van der Waals surface area contributed by atoms with Crippen molar-refractivity contribution >= 4 is 0 Å². The van der Waals surface area contributed by atoms with Gasteiger partial charge in [0.2, 0.25) is 0 Å². The summed E-state index contributed by atoms with van der Waals surface area (Å²) in [6, 6.07) is 4.18. The summed E-state index contributed by atoms with van der Waals surface area (Å²) in [7, 11) is 1.74. The van der Waals surface area contributed by atoms with E-state index in [1.165, 1.54) is 12.1 Å². The molecule has 0 amide bonds. The Kier molecular flexibility index (Phi) is 3.33. The average molecular weight is 197 g/mol. The maximum Gasteiger partial charge on any atom is 0.157 e. The first kappa shape index (κ1) is 10.8. The summed E-state index contributed by atoms with van der Waals surface area (Å²) in [4.78, 5) is 0. The number of nitrogens with one attached hydrogen (secondary N) is 1. The van der Waals surface area contributed by atoms with Crippen LogP contribution < -0.4 is 5.32 Å². The van der Waals surface area contributed by atoms with Gasteiger partial charge in [-0.25, -0.2) is 0 Å². The van der Waals surface area contributed by atoms with Crippen LogP contribution in [-0.4, -0.2) is 28.4 Å². The van der Waals surface area contributed by atoms with Gasteiger partial charge in [-0.15, -0.1) is 0 Å². The standard InChI is InChI=1S/C10H15NO3/c1-6(11-2)10(14)7-3-4-8(12)9(13)5-7/h3-6,10-14H,1-2H3/t6-,10+/m1/s1. The zero-order valence-electron chi connectivity index (χ0n) is 8.23. The number of aromatic hydroxyl groups is 2. The highest BCUT2D eigenvalue weighted by Gasteiger charge is 2.15. The zero-order chi connectivity index (χ0) is 10.7. The van der Waals surface area contributed by atoms with E-state index < -0.39 is 6.10 Å². The van der Waals surface area contributed by atoms with Gasteiger partial charge in [-0.1, -0.05) is 6.07 Å². The molecule has 0 bridgehead atoms. The van der Waals surface area contributed by atoms with Crippen LogP contribution in [0.15, 0.2) is 18.2 Å². The SMILES string of the molecule is CN[C@H](C)[C@H](O)c1ccc(O)c(O)c1. The van der Waals surface area contributed by atoms with Gasteiger partial charge in [0.05, 0.1) is 6.10 Å². The Hall–Kier alpha value is -1.26. The summed E-state index contributed by atoms with van der Waals surface area (Å²) in [5.41, 5.74) is 0.571. The molecule has 0 heterocycles. The van der Waals surface area contributed by atoms with Crippen LogP contribution in [0.4, 0.5) is 0 Å². The summed E-state index contributed by atoms with van der Waals surface area (Å²) in [5.74, 6) is -0.400. The molecule has 1 aromatic rings. The minimum absolute atomic E-state index is 0.112. The summed E-state index contributed by atoms with van der Waals surface area (Å²) >= 11 is 0. The van der Waals surface area contributed by atoms with E-state index in [1.54, 1.807) is 13.1 Å². The van der Waals surface area contributed by atoms with Crippen molar-refractivity contribution in [3.8, 4) is 11.5 Å². The van der Waals surface area contributed by atoms with Crippen LogP contribution in [0.3, 0.4) is 0 Å². The number of hydrogen-bond donors (Lipinski definition) is 4. The monoisotopic (exact) mass is 197 g/mol. The molecule has 0 aliphatic carbocycles. The van der Waals surface area contributed by atoms with E-state index in [-0.39, 0.29) is 17.5 Å². The van der Waals surface area contributed by atoms with Crippen molar-refractivity contribution in [2.45, 2.75) is 19.1 Å². The fraction of sp³-hybridized carbons (Fsp3) is 0.400. The molecule has 14 heavy (non-hydrogen) atoms. The lowest BCUT2D eigenvalue weighted by Gasteiger charge is -2.18. The minimum Gasteiger partial charge on any atom is -0.504 e. The molecular weight excluding hydrogens is 182 g/mol.